The number of carbonyl (C=O) groups excluding carboxylic acids is 1. The Hall–Kier alpha value is -3.42. The summed E-state index contributed by atoms with van der Waals surface area (Å²) in [5.74, 6) is -4.61. The molecule has 5 nitrogen and oxygen atoms in total. The van der Waals surface area contributed by atoms with Crippen LogP contribution < -0.4 is 10.6 Å². The Morgan fingerprint density at radius 1 is 0.962 bits per heavy atom. The number of anilines is 2. The summed E-state index contributed by atoms with van der Waals surface area (Å²) in [4.78, 5) is 20.3. The predicted octanol–water partition coefficient (Wildman–Crippen LogP) is 3.76. The SMILES string of the molecule is O=C(Nc1ccc(F)c(F)c1F)c1ccc(NCc2ccccn2)nc1. The number of aromatic nitrogens is 2. The molecule has 8 heteroatoms. The lowest BCUT2D eigenvalue weighted by atomic mass is 10.2. The van der Waals surface area contributed by atoms with Gasteiger partial charge in [0.15, 0.2) is 17.5 Å². The van der Waals surface area contributed by atoms with Crippen LogP contribution in [0, 0.1) is 17.5 Å². The minimum atomic E-state index is -1.64. The van der Waals surface area contributed by atoms with Gasteiger partial charge in [0.2, 0.25) is 0 Å². The number of hydrogen-bond donors (Lipinski definition) is 2. The Balaban J connectivity index is 1.64. The maximum Gasteiger partial charge on any atom is 0.257 e. The summed E-state index contributed by atoms with van der Waals surface area (Å²) in [7, 11) is 0. The average molecular weight is 358 g/mol. The van der Waals surface area contributed by atoms with E-state index in [4.69, 9.17) is 0 Å². The first kappa shape index (κ1) is 17.4. The Labute approximate surface area is 146 Å². The van der Waals surface area contributed by atoms with Crippen LogP contribution in [-0.4, -0.2) is 15.9 Å². The summed E-state index contributed by atoms with van der Waals surface area (Å²) in [6, 6.07) is 10.2. The zero-order chi connectivity index (χ0) is 18.5. The Morgan fingerprint density at radius 3 is 2.50 bits per heavy atom. The molecule has 3 aromatic rings. The first-order valence-corrected chi connectivity index (χ1v) is 7.59. The summed E-state index contributed by atoms with van der Waals surface area (Å²) in [5.41, 5.74) is 0.508. The summed E-state index contributed by atoms with van der Waals surface area (Å²) < 4.78 is 39.7. The number of halogens is 3. The van der Waals surface area contributed by atoms with Crippen molar-refractivity contribution in [1.29, 1.82) is 0 Å². The van der Waals surface area contributed by atoms with Crippen LogP contribution in [0.15, 0.2) is 54.9 Å². The lowest BCUT2D eigenvalue weighted by molar-refractivity contribution is 0.102. The lowest BCUT2D eigenvalue weighted by Gasteiger charge is -2.08. The van der Waals surface area contributed by atoms with Crippen LogP contribution in [0.4, 0.5) is 24.7 Å². The Kier molecular flexibility index (Phi) is 5.12. The van der Waals surface area contributed by atoms with Gasteiger partial charge in [0.1, 0.15) is 5.82 Å². The van der Waals surface area contributed by atoms with Gasteiger partial charge in [0, 0.05) is 12.4 Å². The van der Waals surface area contributed by atoms with Crippen molar-refractivity contribution in [3.63, 3.8) is 0 Å². The molecule has 0 spiro atoms. The molecule has 26 heavy (non-hydrogen) atoms. The van der Waals surface area contributed by atoms with E-state index in [1.54, 1.807) is 12.3 Å². The quantitative estimate of drug-likeness (QED) is 0.682. The summed E-state index contributed by atoms with van der Waals surface area (Å²) in [6.07, 6.45) is 2.96. The summed E-state index contributed by atoms with van der Waals surface area (Å²) >= 11 is 0. The van der Waals surface area contributed by atoms with E-state index in [0.717, 1.165) is 17.8 Å². The third kappa shape index (κ3) is 3.97. The fraction of sp³-hybridized carbons (Fsp3) is 0.0556. The lowest BCUT2D eigenvalue weighted by Crippen LogP contribution is -2.14. The van der Waals surface area contributed by atoms with E-state index in [-0.39, 0.29) is 5.56 Å². The molecule has 2 heterocycles. The van der Waals surface area contributed by atoms with Crippen LogP contribution in [0.2, 0.25) is 0 Å². The molecule has 0 saturated carbocycles. The van der Waals surface area contributed by atoms with E-state index in [1.165, 1.54) is 12.3 Å². The molecular formula is C18H13F3N4O. The molecule has 0 bridgehead atoms. The third-order valence-corrected chi connectivity index (χ3v) is 3.49. The minimum absolute atomic E-state index is 0.137. The summed E-state index contributed by atoms with van der Waals surface area (Å²) in [5, 5.41) is 5.22. The van der Waals surface area contributed by atoms with E-state index >= 15 is 0 Å². The van der Waals surface area contributed by atoms with Gasteiger partial charge in [-0.3, -0.25) is 9.78 Å². The number of carbonyl (C=O) groups is 1. The number of rotatable bonds is 5. The van der Waals surface area contributed by atoms with E-state index in [2.05, 4.69) is 20.6 Å². The molecule has 0 atom stereocenters. The smallest absolute Gasteiger partial charge is 0.257 e. The van der Waals surface area contributed by atoms with Crippen molar-refractivity contribution in [2.45, 2.75) is 6.54 Å². The van der Waals surface area contributed by atoms with Gasteiger partial charge in [-0.1, -0.05) is 6.07 Å². The summed E-state index contributed by atoms with van der Waals surface area (Å²) in [6.45, 7) is 0.458. The van der Waals surface area contributed by atoms with Gasteiger partial charge < -0.3 is 10.6 Å². The zero-order valence-corrected chi connectivity index (χ0v) is 13.3. The zero-order valence-electron chi connectivity index (χ0n) is 13.3. The Morgan fingerprint density at radius 2 is 1.81 bits per heavy atom. The highest BCUT2D eigenvalue weighted by atomic mass is 19.2. The predicted molar refractivity (Wildman–Crippen MR) is 90.1 cm³/mol. The van der Waals surface area contributed by atoms with E-state index < -0.39 is 29.0 Å². The van der Waals surface area contributed by atoms with Crippen molar-refractivity contribution in [2.24, 2.45) is 0 Å². The largest absolute Gasteiger partial charge is 0.364 e. The van der Waals surface area contributed by atoms with Crippen molar-refractivity contribution in [3.05, 3.63) is 83.6 Å². The number of pyridine rings is 2. The first-order valence-electron chi connectivity index (χ1n) is 7.59. The van der Waals surface area contributed by atoms with Gasteiger partial charge in [-0.05, 0) is 36.4 Å². The number of nitrogens with one attached hydrogen (secondary N) is 2. The molecule has 0 aliphatic carbocycles. The van der Waals surface area contributed by atoms with Crippen LogP contribution >= 0.6 is 0 Å². The molecule has 0 unspecified atom stereocenters. The second-order valence-corrected chi connectivity index (χ2v) is 5.28. The molecule has 3 rings (SSSR count). The number of hydrogen-bond acceptors (Lipinski definition) is 4. The van der Waals surface area contributed by atoms with Crippen LogP contribution in [0.25, 0.3) is 0 Å². The van der Waals surface area contributed by atoms with Crippen molar-refractivity contribution < 1.29 is 18.0 Å². The van der Waals surface area contributed by atoms with Gasteiger partial charge in [-0.2, -0.15) is 0 Å². The third-order valence-electron chi connectivity index (χ3n) is 3.49. The fourth-order valence-electron chi connectivity index (χ4n) is 2.13. The topological polar surface area (TPSA) is 66.9 Å². The van der Waals surface area contributed by atoms with Gasteiger partial charge in [0.05, 0.1) is 23.5 Å². The van der Waals surface area contributed by atoms with Crippen molar-refractivity contribution in [3.8, 4) is 0 Å². The van der Waals surface area contributed by atoms with Crippen LogP contribution in [0.5, 0.6) is 0 Å². The molecular weight excluding hydrogens is 345 g/mol. The molecule has 2 aromatic heterocycles. The first-order chi connectivity index (χ1) is 12.5. The number of amides is 1. The normalized spacial score (nSPS) is 10.4. The average Bonchev–Trinajstić information content (AvgIpc) is 2.68. The van der Waals surface area contributed by atoms with Gasteiger partial charge in [-0.15, -0.1) is 0 Å². The van der Waals surface area contributed by atoms with Crippen molar-refractivity contribution in [1.82, 2.24) is 9.97 Å². The monoisotopic (exact) mass is 358 g/mol. The molecule has 2 N–H and O–H groups in total. The second kappa shape index (κ2) is 7.64. The van der Waals surface area contributed by atoms with E-state index in [9.17, 15) is 18.0 Å². The molecule has 132 valence electrons. The fourth-order valence-corrected chi connectivity index (χ4v) is 2.13. The highest BCUT2D eigenvalue weighted by molar-refractivity contribution is 6.04. The van der Waals surface area contributed by atoms with E-state index in [1.807, 2.05) is 18.2 Å². The molecule has 0 aliphatic heterocycles. The second-order valence-electron chi connectivity index (χ2n) is 5.28. The molecule has 0 radical (unpaired) electrons. The molecule has 0 aliphatic rings. The molecule has 1 amide bonds. The maximum atomic E-state index is 13.6. The van der Waals surface area contributed by atoms with Gasteiger partial charge >= 0.3 is 0 Å². The van der Waals surface area contributed by atoms with Crippen molar-refractivity contribution >= 4 is 17.4 Å². The standard InChI is InChI=1S/C18H13F3N4O/c19-13-5-6-14(17(21)16(13)20)25-18(26)11-4-7-15(23-9-11)24-10-12-3-1-2-8-22-12/h1-9H,10H2,(H,23,24)(H,25,26). The van der Waals surface area contributed by atoms with Crippen LogP contribution in [0.1, 0.15) is 16.1 Å². The van der Waals surface area contributed by atoms with Crippen molar-refractivity contribution in [2.75, 3.05) is 10.6 Å². The Bertz CT molecular complexity index is 918. The highest BCUT2D eigenvalue weighted by Crippen LogP contribution is 2.20. The van der Waals surface area contributed by atoms with Gasteiger partial charge in [0.25, 0.3) is 5.91 Å². The molecule has 0 saturated heterocycles. The van der Waals surface area contributed by atoms with Crippen LogP contribution in [0.3, 0.4) is 0 Å². The number of nitrogens with zero attached hydrogens (tertiary/aromatic N) is 2. The van der Waals surface area contributed by atoms with Gasteiger partial charge in [-0.25, -0.2) is 18.2 Å². The van der Waals surface area contributed by atoms with Crippen LogP contribution in [-0.2, 0) is 6.54 Å². The molecule has 0 fully saturated rings. The maximum absolute atomic E-state index is 13.6. The number of benzene rings is 1. The molecule has 1 aromatic carbocycles. The van der Waals surface area contributed by atoms with E-state index in [0.29, 0.717) is 12.4 Å². The highest BCUT2D eigenvalue weighted by Gasteiger charge is 2.16. The minimum Gasteiger partial charge on any atom is -0.364 e.